The average molecular weight is 262 g/mol. The van der Waals surface area contributed by atoms with Crippen LogP contribution in [-0.4, -0.2) is 37.6 Å². The lowest BCUT2D eigenvalue weighted by atomic mass is 9.91. The fourth-order valence-corrected chi connectivity index (χ4v) is 2.05. The number of aliphatic imine (C=N–C) groups is 2. The number of rotatable bonds is 4. The van der Waals surface area contributed by atoms with Crippen molar-refractivity contribution in [3.63, 3.8) is 0 Å². The van der Waals surface area contributed by atoms with Crippen LogP contribution < -0.4 is 0 Å². The van der Waals surface area contributed by atoms with E-state index in [4.69, 9.17) is 15.9 Å². The molecule has 2 atom stereocenters. The van der Waals surface area contributed by atoms with Gasteiger partial charge in [0.1, 0.15) is 6.04 Å². The van der Waals surface area contributed by atoms with Gasteiger partial charge in [0.05, 0.1) is 14.2 Å². The van der Waals surface area contributed by atoms with E-state index in [-0.39, 0.29) is 12.0 Å². The van der Waals surface area contributed by atoms with Gasteiger partial charge in [0, 0.05) is 0 Å². The molecule has 19 heavy (non-hydrogen) atoms. The Bertz CT molecular complexity index is 432. The molecule has 0 spiro atoms. The van der Waals surface area contributed by atoms with Crippen molar-refractivity contribution in [2.24, 2.45) is 15.9 Å². The molecule has 0 radical (unpaired) electrons. The maximum absolute atomic E-state index is 5.68. The molecule has 104 valence electrons. The Balaban J connectivity index is 3.23. The minimum absolute atomic E-state index is 0.148. The number of ether oxygens (including phenoxy) is 2. The maximum Gasteiger partial charge on any atom is 0.225 e. The predicted octanol–water partition coefficient (Wildman–Crippen LogP) is 2.45. The molecule has 0 aromatic heterocycles. The minimum atomic E-state index is -0.875. The molecule has 1 rings (SSSR count). The molecule has 4 heteroatoms. The largest absolute Gasteiger partial charge is 0.483 e. The van der Waals surface area contributed by atoms with Crippen LogP contribution in [0.5, 0.6) is 0 Å². The van der Waals surface area contributed by atoms with Crippen molar-refractivity contribution in [2.75, 3.05) is 14.2 Å². The summed E-state index contributed by atoms with van der Waals surface area (Å²) in [6.45, 7) is 7.83. The van der Waals surface area contributed by atoms with Crippen LogP contribution in [-0.2, 0) is 9.47 Å². The Kier molecular flexibility index (Phi) is 5.17. The summed E-state index contributed by atoms with van der Waals surface area (Å²) in [6, 6.07) is -0.148. The third-order valence-corrected chi connectivity index (χ3v) is 3.15. The van der Waals surface area contributed by atoms with Crippen LogP contribution in [0.3, 0.4) is 0 Å². The van der Waals surface area contributed by atoms with Crippen LogP contribution in [0, 0.1) is 18.3 Å². The summed E-state index contributed by atoms with van der Waals surface area (Å²) in [5.41, 5.74) is -0.875. The van der Waals surface area contributed by atoms with Crippen LogP contribution in [0.4, 0.5) is 0 Å². The molecule has 0 saturated heterocycles. The van der Waals surface area contributed by atoms with Gasteiger partial charge in [-0.25, -0.2) is 9.98 Å². The summed E-state index contributed by atoms with van der Waals surface area (Å²) < 4.78 is 10.7. The van der Waals surface area contributed by atoms with E-state index in [0.29, 0.717) is 18.2 Å². The van der Waals surface area contributed by atoms with E-state index in [1.807, 2.05) is 6.08 Å². The first-order valence-corrected chi connectivity index (χ1v) is 6.39. The highest BCUT2D eigenvalue weighted by Gasteiger charge is 2.41. The molecule has 0 amide bonds. The highest BCUT2D eigenvalue weighted by molar-refractivity contribution is 5.99. The Morgan fingerprint density at radius 3 is 2.58 bits per heavy atom. The monoisotopic (exact) mass is 262 g/mol. The van der Waals surface area contributed by atoms with E-state index < -0.39 is 5.54 Å². The molecule has 2 unspecified atom stereocenters. The van der Waals surface area contributed by atoms with E-state index in [1.165, 1.54) is 0 Å². The number of nitrogens with zero attached hydrogens (tertiary/aromatic N) is 2. The van der Waals surface area contributed by atoms with Crippen LogP contribution in [0.15, 0.2) is 22.6 Å². The Morgan fingerprint density at radius 2 is 2.16 bits per heavy atom. The van der Waals surface area contributed by atoms with Gasteiger partial charge in [0.25, 0.3) is 0 Å². The first-order valence-electron chi connectivity index (χ1n) is 6.39. The van der Waals surface area contributed by atoms with E-state index in [0.717, 1.165) is 6.42 Å². The first kappa shape index (κ1) is 15.3. The lowest BCUT2D eigenvalue weighted by Gasteiger charge is -2.32. The Labute approximate surface area is 115 Å². The Morgan fingerprint density at radius 1 is 1.47 bits per heavy atom. The molecular formula is C15H22N2O2. The minimum Gasteiger partial charge on any atom is -0.483 e. The van der Waals surface area contributed by atoms with Crippen LogP contribution in [0.1, 0.15) is 26.7 Å². The number of allylic oxidation sites excluding steroid dienone is 1. The van der Waals surface area contributed by atoms with Gasteiger partial charge in [-0.1, -0.05) is 25.8 Å². The van der Waals surface area contributed by atoms with E-state index in [2.05, 4.69) is 36.3 Å². The van der Waals surface area contributed by atoms with E-state index in [1.54, 1.807) is 14.2 Å². The second kappa shape index (κ2) is 6.42. The molecule has 0 bridgehead atoms. The van der Waals surface area contributed by atoms with Crippen molar-refractivity contribution < 1.29 is 9.47 Å². The number of terminal acetylenes is 1. The molecule has 0 aromatic carbocycles. The number of hydrogen-bond donors (Lipinski definition) is 0. The summed E-state index contributed by atoms with van der Waals surface area (Å²) in [6.07, 6.45) is 8.83. The van der Waals surface area contributed by atoms with Crippen LogP contribution in [0.2, 0.25) is 0 Å². The zero-order valence-corrected chi connectivity index (χ0v) is 12.1. The fraction of sp³-hybridized carbons (Fsp3) is 0.600. The molecule has 4 nitrogen and oxygen atoms in total. The van der Waals surface area contributed by atoms with Gasteiger partial charge in [-0.15, -0.1) is 13.0 Å². The second-order valence-electron chi connectivity index (χ2n) is 4.81. The highest BCUT2D eigenvalue weighted by atomic mass is 16.5. The normalized spacial score (nSPS) is 26.2. The third kappa shape index (κ3) is 2.98. The van der Waals surface area contributed by atoms with Gasteiger partial charge in [0.2, 0.25) is 11.8 Å². The maximum atomic E-state index is 5.68. The topological polar surface area (TPSA) is 43.2 Å². The fourth-order valence-electron chi connectivity index (χ4n) is 2.05. The van der Waals surface area contributed by atoms with Crippen LogP contribution >= 0.6 is 0 Å². The van der Waals surface area contributed by atoms with Gasteiger partial charge < -0.3 is 9.47 Å². The van der Waals surface area contributed by atoms with Gasteiger partial charge in [0.15, 0.2) is 5.54 Å². The van der Waals surface area contributed by atoms with E-state index >= 15 is 0 Å². The molecule has 0 saturated carbocycles. The molecule has 1 heterocycles. The molecule has 1 aliphatic rings. The smallest absolute Gasteiger partial charge is 0.225 e. The van der Waals surface area contributed by atoms with Crippen molar-refractivity contribution in [3.05, 3.63) is 12.7 Å². The van der Waals surface area contributed by atoms with Crippen molar-refractivity contribution in [3.8, 4) is 12.3 Å². The number of hydrogen-bond acceptors (Lipinski definition) is 4. The lowest BCUT2D eigenvalue weighted by Crippen LogP contribution is -2.45. The number of methoxy groups -OCH3 is 2. The van der Waals surface area contributed by atoms with Crippen molar-refractivity contribution >= 4 is 11.8 Å². The highest BCUT2D eigenvalue weighted by Crippen LogP contribution is 2.28. The van der Waals surface area contributed by atoms with Crippen LogP contribution in [0.25, 0.3) is 0 Å². The summed E-state index contributed by atoms with van der Waals surface area (Å²) >= 11 is 0. The summed E-state index contributed by atoms with van der Waals surface area (Å²) in [5, 5.41) is 0. The summed E-state index contributed by atoms with van der Waals surface area (Å²) in [5.74, 6) is 4.02. The molecular weight excluding hydrogens is 240 g/mol. The molecule has 0 N–H and O–H groups in total. The quantitative estimate of drug-likeness (QED) is 0.577. The zero-order valence-electron chi connectivity index (χ0n) is 12.1. The van der Waals surface area contributed by atoms with Gasteiger partial charge in [-0.2, -0.15) is 0 Å². The average Bonchev–Trinajstić information content (AvgIpc) is 2.43. The molecule has 0 aliphatic carbocycles. The third-order valence-electron chi connectivity index (χ3n) is 3.15. The van der Waals surface area contributed by atoms with Crippen molar-refractivity contribution in [1.29, 1.82) is 0 Å². The predicted molar refractivity (Wildman–Crippen MR) is 78.5 cm³/mol. The molecule has 1 aliphatic heterocycles. The van der Waals surface area contributed by atoms with Gasteiger partial charge in [-0.3, -0.25) is 0 Å². The van der Waals surface area contributed by atoms with E-state index in [9.17, 15) is 0 Å². The van der Waals surface area contributed by atoms with Crippen molar-refractivity contribution in [1.82, 2.24) is 0 Å². The second-order valence-corrected chi connectivity index (χ2v) is 4.81. The van der Waals surface area contributed by atoms with Gasteiger partial charge >= 0.3 is 0 Å². The molecule has 0 fully saturated rings. The standard InChI is InChI=1S/C15H22N2O2/c1-7-9-10-15(8-2)14(19-6)16-12(11(3)4)13(17-15)18-5/h2,7,11-12H,1,9-10H2,3-6H3. The zero-order chi connectivity index (χ0) is 14.5. The Hall–Kier alpha value is -1.76. The molecule has 0 aromatic rings. The summed E-state index contributed by atoms with van der Waals surface area (Å²) in [4.78, 5) is 9.19. The summed E-state index contributed by atoms with van der Waals surface area (Å²) in [7, 11) is 3.17. The SMILES string of the molecule is C#CC1(CCC=C)N=C(OC)C(C(C)C)N=C1OC. The first-order chi connectivity index (χ1) is 9.04. The lowest BCUT2D eigenvalue weighted by molar-refractivity contribution is 0.318. The van der Waals surface area contributed by atoms with Crippen molar-refractivity contribution in [2.45, 2.75) is 38.3 Å². The van der Waals surface area contributed by atoms with Gasteiger partial charge in [-0.05, 0) is 18.8 Å².